The molecule has 130 valence electrons. The van der Waals surface area contributed by atoms with E-state index in [0.717, 1.165) is 0 Å². The SMILES string of the molecule is CN(C)c1cc[n+](I(c2ccccc2)[n+]2ccc(N(C)C)cc2)cc1. The van der Waals surface area contributed by atoms with Gasteiger partial charge in [0.25, 0.3) is 0 Å². The van der Waals surface area contributed by atoms with Gasteiger partial charge in [0, 0.05) is 0 Å². The molecule has 0 radical (unpaired) electrons. The summed E-state index contributed by atoms with van der Waals surface area (Å²) in [5, 5.41) is 0. The zero-order valence-electron chi connectivity index (χ0n) is 15.2. The second kappa shape index (κ2) is 7.82. The van der Waals surface area contributed by atoms with E-state index < -0.39 is 20.4 Å². The van der Waals surface area contributed by atoms with E-state index >= 15 is 0 Å². The summed E-state index contributed by atoms with van der Waals surface area (Å²) in [7, 11) is 8.29. The Morgan fingerprint density at radius 2 is 1.00 bits per heavy atom. The summed E-state index contributed by atoms with van der Waals surface area (Å²) >= 11 is -1.83. The second-order valence-corrected chi connectivity index (χ2v) is 11.0. The third-order valence-corrected chi connectivity index (χ3v) is 9.11. The van der Waals surface area contributed by atoms with Gasteiger partial charge in [0.05, 0.1) is 0 Å². The summed E-state index contributed by atoms with van der Waals surface area (Å²) in [5.74, 6) is 0. The number of anilines is 2. The van der Waals surface area contributed by atoms with Crippen molar-refractivity contribution < 1.29 is 5.56 Å². The molecule has 4 nitrogen and oxygen atoms in total. The van der Waals surface area contributed by atoms with Crippen molar-refractivity contribution in [1.29, 1.82) is 0 Å². The summed E-state index contributed by atoms with van der Waals surface area (Å²) in [4.78, 5) is 4.26. The van der Waals surface area contributed by atoms with Gasteiger partial charge in [-0.2, -0.15) is 0 Å². The molecule has 0 aliphatic heterocycles. The first-order chi connectivity index (χ1) is 12.1. The van der Waals surface area contributed by atoms with Crippen LogP contribution in [-0.4, -0.2) is 28.2 Å². The van der Waals surface area contributed by atoms with E-state index in [2.05, 4.69) is 123 Å². The third kappa shape index (κ3) is 4.10. The number of halogens is 1. The van der Waals surface area contributed by atoms with Crippen LogP contribution in [0.25, 0.3) is 0 Å². The Morgan fingerprint density at radius 3 is 1.36 bits per heavy atom. The summed E-state index contributed by atoms with van der Waals surface area (Å²) in [6.07, 6.45) is 8.83. The zero-order valence-corrected chi connectivity index (χ0v) is 17.3. The molecule has 2 aromatic heterocycles. The fourth-order valence-electron chi connectivity index (χ4n) is 2.46. The van der Waals surface area contributed by atoms with Crippen molar-refractivity contribution in [2.45, 2.75) is 0 Å². The van der Waals surface area contributed by atoms with E-state index in [1.807, 2.05) is 0 Å². The number of rotatable bonds is 5. The molecule has 0 N–H and O–H groups in total. The fourth-order valence-corrected chi connectivity index (χ4v) is 7.25. The molecule has 0 aliphatic rings. The Hall–Kier alpha value is -2.15. The average molecular weight is 448 g/mol. The molecule has 5 heteroatoms. The molecule has 0 bridgehead atoms. The van der Waals surface area contributed by atoms with Crippen LogP contribution in [0.4, 0.5) is 11.4 Å². The summed E-state index contributed by atoms with van der Waals surface area (Å²) < 4.78 is 6.18. The Bertz CT molecular complexity index is 748. The first-order valence-corrected chi connectivity index (χ1v) is 11.2. The maximum absolute atomic E-state index is 2.39. The van der Waals surface area contributed by atoms with Crippen molar-refractivity contribution >= 4 is 31.7 Å². The van der Waals surface area contributed by atoms with Crippen molar-refractivity contribution in [2.24, 2.45) is 0 Å². The Labute approximate surface area is 158 Å². The van der Waals surface area contributed by atoms with Crippen LogP contribution in [0.1, 0.15) is 0 Å². The number of aromatic nitrogens is 2. The van der Waals surface area contributed by atoms with Gasteiger partial charge in [-0.05, 0) is 0 Å². The quantitative estimate of drug-likeness (QED) is 0.558. The molecule has 25 heavy (non-hydrogen) atoms. The number of hydrogen-bond acceptors (Lipinski definition) is 2. The molecule has 0 unspecified atom stereocenters. The molecular weight excluding hydrogens is 423 g/mol. The van der Waals surface area contributed by atoms with Crippen molar-refractivity contribution in [3.63, 3.8) is 0 Å². The molecule has 0 fully saturated rings. The molecule has 0 amide bonds. The molecule has 0 atom stereocenters. The topological polar surface area (TPSA) is 14.2 Å². The van der Waals surface area contributed by atoms with E-state index in [1.54, 1.807) is 0 Å². The number of benzene rings is 1. The van der Waals surface area contributed by atoms with Gasteiger partial charge in [0.1, 0.15) is 0 Å². The Kier molecular flexibility index (Phi) is 5.53. The van der Waals surface area contributed by atoms with Gasteiger partial charge in [0.15, 0.2) is 0 Å². The van der Waals surface area contributed by atoms with Crippen molar-refractivity contribution in [3.05, 3.63) is 83.0 Å². The predicted octanol–water partition coefficient (Wildman–Crippen LogP) is 3.00. The van der Waals surface area contributed by atoms with Crippen LogP contribution in [0.2, 0.25) is 0 Å². The summed E-state index contributed by atoms with van der Waals surface area (Å²) in [6, 6.07) is 19.5. The molecule has 0 saturated carbocycles. The fraction of sp³-hybridized carbons (Fsp3) is 0.200. The van der Waals surface area contributed by atoms with E-state index in [0.29, 0.717) is 0 Å². The van der Waals surface area contributed by atoms with Gasteiger partial charge < -0.3 is 0 Å². The van der Waals surface area contributed by atoms with Gasteiger partial charge in [0.2, 0.25) is 0 Å². The van der Waals surface area contributed by atoms with E-state index in [9.17, 15) is 0 Å². The molecule has 0 saturated heterocycles. The van der Waals surface area contributed by atoms with Crippen LogP contribution < -0.4 is 15.4 Å². The third-order valence-electron chi connectivity index (χ3n) is 3.88. The van der Waals surface area contributed by atoms with E-state index in [-0.39, 0.29) is 0 Å². The predicted molar refractivity (Wildman–Crippen MR) is 112 cm³/mol. The van der Waals surface area contributed by atoms with Gasteiger partial charge in [-0.25, -0.2) is 0 Å². The van der Waals surface area contributed by atoms with Crippen LogP contribution in [0.3, 0.4) is 0 Å². The standard InChI is InChI=1S/C20H25IN4/c1-22(2)19-10-14-24(15-11-19)21(18-8-6-5-7-9-18)25-16-12-20(13-17-25)23(3)4/h5-17H,1-4H3/q+2. The van der Waals surface area contributed by atoms with Gasteiger partial charge in [-0.15, -0.1) is 0 Å². The normalized spacial score (nSPS) is 11.1. The second-order valence-electron chi connectivity index (χ2n) is 6.13. The van der Waals surface area contributed by atoms with Crippen LogP contribution in [0, 0.1) is 3.57 Å². The number of pyridine rings is 2. The van der Waals surface area contributed by atoms with Gasteiger partial charge >= 0.3 is 158 Å². The van der Waals surface area contributed by atoms with Crippen LogP contribution in [-0.2, 0) is 0 Å². The van der Waals surface area contributed by atoms with E-state index in [1.165, 1.54) is 14.9 Å². The molecule has 0 spiro atoms. The first kappa shape index (κ1) is 17.7. The van der Waals surface area contributed by atoms with E-state index in [4.69, 9.17) is 0 Å². The average Bonchev–Trinajstić information content (AvgIpc) is 2.64. The van der Waals surface area contributed by atoms with Gasteiger partial charge in [-0.3, -0.25) is 0 Å². The Balaban J connectivity index is 2.04. The minimum atomic E-state index is -1.83. The first-order valence-electron chi connectivity index (χ1n) is 8.19. The molecule has 3 aromatic rings. The van der Waals surface area contributed by atoms with Gasteiger partial charge in [-0.1, -0.05) is 0 Å². The summed E-state index contributed by atoms with van der Waals surface area (Å²) in [6.45, 7) is 0. The van der Waals surface area contributed by atoms with Crippen LogP contribution >= 0.6 is 20.4 Å². The van der Waals surface area contributed by atoms with Crippen molar-refractivity contribution in [1.82, 2.24) is 0 Å². The Morgan fingerprint density at radius 1 is 0.600 bits per heavy atom. The molecule has 0 aliphatic carbocycles. The number of nitrogens with zero attached hydrogens (tertiary/aromatic N) is 4. The summed E-state index contributed by atoms with van der Waals surface area (Å²) in [5.41, 5.74) is 2.43. The molecular formula is C20H25IN4+2. The number of hydrogen-bond donors (Lipinski definition) is 0. The monoisotopic (exact) mass is 448 g/mol. The molecule has 3 rings (SSSR count). The van der Waals surface area contributed by atoms with Crippen molar-refractivity contribution in [2.75, 3.05) is 38.0 Å². The van der Waals surface area contributed by atoms with Crippen LogP contribution in [0.15, 0.2) is 79.4 Å². The van der Waals surface area contributed by atoms with Crippen LogP contribution in [0.5, 0.6) is 0 Å². The molecule has 1 aromatic carbocycles. The van der Waals surface area contributed by atoms with Crippen molar-refractivity contribution in [3.8, 4) is 0 Å². The minimum absolute atomic E-state index is 1.22. The zero-order chi connectivity index (χ0) is 17.8. The molecule has 2 heterocycles. The maximum atomic E-state index is 2.39.